The number of hydrogen-bond donors (Lipinski definition) is 2. The Morgan fingerprint density at radius 2 is 2.10 bits per heavy atom. The van der Waals surface area contributed by atoms with Crippen molar-refractivity contribution in [2.45, 2.75) is 0 Å². The summed E-state index contributed by atoms with van der Waals surface area (Å²) in [6.45, 7) is 0. The zero-order valence-electron chi connectivity index (χ0n) is 4.94. The maximum absolute atomic E-state index is 9.18. The number of nitrogens with two attached hydrogens (primary N) is 1. The fourth-order valence-corrected chi connectivity index (χ4v) is 2.14. The fourth-order valence-electron chi connectivity index (χ4n) is 0.586. The van der Waals surface area contributed by atoms with Gasteiger partial charge in [0.25, 0.3) is 0 Å². The zero-order chi connectivity index (χ0) is 7.72. The molecule has 0 heterocycles. The third kappa shape index (κ3) is 1.54. The molecular weight excluding hydrogens is 309 g/mol. The molecule has 0 amide bonds. The van der Waals surface area contributed by atoms with E-state index < -0.39 is 0 Å². The van der Waals surface area contributed by atoms with Crippen molar-refractivity contribution in [3.8, 4) is 5.75 Å². The lowest BCUT2D eigenvalue weighted by Crippen LogP contribution is -1.87. The van der Waals surface area contributed by atoms with E-state index in [0.29, 0.717) is 5.69 Å². The topological polar surface area (TPSA) is 46.2 Å². The molecule has 0 fully saturated rings. The standard InChI is InChI=1S/C6H5BrINO/c7-3-1-4(8)6(10)5(9)2-3/h1-2,10H,9H2. The highest BCUT2D eigenvalue weighted by Gasteiger charge is 2.02. The maximum atomic E-state index is 9.18. The van der Waals surface area contributed by atoms with Gasteiger partial charge in [0, 0.05) is 4.47 Å². The van der Waals surface area contributed by atoms with Crippen LogP contribution >= 0.6 is 38.5 Å². The smallest absolute Gasteiger partial charge is 0.151 e. The lowest BCUT2D eigenvalue weighted by molar-refractivity contribution is 0.474. The molecule has 0 aliphatic rings. The molecule has 54 valence electrons. The third-order valence-electron chi connectivity index (χ3n) is 1.06. The van der Waals surface area contributed by atoms with Crippen LogP contribution in [0.3, 0.4) is 0 Å². The Bertz CT molecular complexity index is 241. The van der Waals surface area contributed by atoms with Gasteiger partial charge in [-0.15, -0.1) is 0 Å². The zero-order valence-corrected chi connectivity index (χ0v) is 8.68. The lowest BCUT2D eigenvalue weighted by atomic mass is 10.3. The van der Waals surface area contributed by atoms with Gasteiger partial charge in [-0.3, -0.25) is 0 Å². The van der Waals surface area contributed by atoms with E-state index in [-0.39, 0.29) is 5.75 Å². The molecular formula is C6H5BrINO. The summed E-state index contributed by atoms with van der Waals surface area (Å²) < 4.78 is 1.64. The highest BCUT2D eigenvalue weighted by Crippen LogP contribution is 2.29. The fraction of sp³-hybridized carbons (Fsp3) is 0. The van der Waals surface area contributed by atoms with Crippen molar-refractivity contribution in [3.63, 3.8) is 0 Å². The third-order valence-corrected chi connectivity index (χ3v) is 2.34. The van der Waals surface area contributed by atoms with Gasteiger partial charge < -0.3 is 10.8 Å². The summed E-state index contributed by atoms with van der Waals surface area (Å²) in [5, 5.41) is 9.18. The first kappa shape index (κ1) is 8.13. The van der Waals surface area contributed by atoms with Crippen LogP contribution in [-0.4, -0.2) is 5.11 Å². The van der Waals surface area contributed by atoms with E-state index in [9.17, 15) is 5.11 Å². The summed E-state index contributed by atoms with van der Waals surface area (Å²) in [6, 6.07) is 3.46. The van der Waals surface area contributed by atoms with Gasteiger partial charge in [0.15, 0.2) is 5.75 Å². The van der Waals surface area contributed by atoms with Crippen molar-refractivity contribution in [2.24, 2.45) is 0 Å². The van der Waals surface area contributed by atoms with Crippen LogP contribution < -0.4 is 5.73 Å². The van der Waals surface area contributed by atoms with Gasteiger partial charge in [0.2, 0.25) is 0 Å². The monoisotopic (exact) mass is 313 g/mol. The van der Waals surface area contributed by atoms with Gasteiger partial charge in [-0.2, -0.15) is 0 Å². The largest absolute Gasteiger partial charge is 0.505 e. The molecule has 0 aliphatic heterocycles. The molecule has 0 bridgehead atoms. The molecule has 1 aromatic rings. The molecule has 0 spiro atoms. The predicted octanol–water partition coefficient (Wildman–Crippen LogP) is 2.34. The minimum Gasteiger partial charge on any atom is -0.505 e. The van der Waals surface area contributed by atoms with E-state index >= 15 is 0 Å². The maximum Gasteiger partial charge on any atom is 0.151 e. The number of anilines is 1. The summed E-state index contributed by atoms with van der Waals surface area (Å²) in [5.41, 5.74) is 5.84. The van der Waals surface area contributed by atoms with Crippen LogP contribution in [0.1, 0.15) is 0 Å². The Balaban J connectivity index is 3.31. The molecule has 0 aliphatic carbocycles. The van der Waals surface area contributed by atoms with Crippen molar-refractivity contribution in [3.05, 3.63) is 20.2 Å². The van der Waals surface area contributed by atoms with Gasteiger partial charge in [-0.1, -0.05) is 15.9 Å². The first-order valence-electron chi connectivity index (χ1n) is 2.54. The molecule has 10 heavy (non-hydrogen) atoms. The van der Waals surface area contributed by atoms with Crippen LogP contribution in [-0.2, 0) is 0 Å². The Morgan fingerprint density at radius 1 is 1.50 bits per heavy atom. The molecule has 1 aromatic carbocycles. The van der Waals surface area contributed by atoms with Gasteiger partial charge in [-0.25, -0.2) is 0 Å². The van der Waals surface area contributed by atoms with Crippen molar-refractivity contribution in [1.29, 1.82) is 0 Å². The van der Waals surface area contributed by atoms with E-state index in [4.69, 9.17) is 5.73 Å². The van der Waals surface area contributed by atoms with Gasteiger partial charge in [-0.05, 0) is 34.7 Å². The predicted molar refractivity (Wildman–Crippen MR) is 52.9 cm³/mol. The van der Waals surface area contributed by atoms with E-state index in [1.807, 2.05) is 22.6 Å². The normalized spacial score (nSPS) is 9.80. The summed E-state index contributed by atoms with van der Waals surface area (Å²) in [5.74, 6) is 0.156. The lowest BCUT2D eigenvalue weighted by Gasteiger charge is -2.00. The van der Waals surface area contributed by atoms with E-state index in [0.717, 1.165) is 8.04 Å². The average Bonchev–Trinajstić information content (AvgIpc) is 1.82. The Kier molecular flexibility index (Phi) is 2.40. The van der Waals surface area contributed by atoms with Crippen molar-refractivity contribution < 1.29 is 5.11 Å². The van der Waals surface area contributed by atoms with Crippen LogP contribution in [0, 0.1) is 3.57 Å². The minimum atomic E-state index is 0.156. The van der Waals surface area contributed by atoms with Crippen LogP contribution in [0.5, 0.6) is 5.75 Å². The molecule has 0 atom stereocenters. The molecule has 1 rings (SSSR count). The molecule has 3 N–H and O–H groups in total. The Hall–Kier alpha value is 0.0300. The van der Waals surface area contributed by atoms with Gasteiger partial charge >= 0.3 is 0 Å². The number of hydrogen-bond acceptors (Lipinski definition) is 2. The number of nitrogen functional groups attached to an aromatic ring is 1. The number of halogens is 2. The van der Waals surface area contributed by atoms with Crippen molar-refractivity contribution >= 4 is 44.2 Å². The minimum absolute atomic E-state index is 0.156. The van der Waals surface area contributed by atoms with E-state index in [1.165, 1.54) is 0 Å². The number of benzene rings is 1. The molecule has 0 unspecified atom stereocenters. The average molecular weight is 314 g/mol. The summed E-state index contributed by atoms with van der Waals surface area (Å²) in [4.78, 5) is 0. The Labute approximate surface area is 80.7 Å². The number of rotatable bonds is 0. The van der Waals surface area contributed by atoms with E-state index in [1.54, 1.807) is 12.1 Å². The second-order valence-electron chi connectivity index (χ2n) is 1.83. The second kappa shape index (κ2) is 2.96. The molecule has 0 saturated heterocycles. The molecule has 0 aromatic heterocycles. The highest BCUT2D eigenvalue weighted by molar-refractivity contribution is 14.1. The molecule has 2 nitrogen and oxygen atoms in total. The van der Waals surface area contributed by atoms with E-state index in [2.05, 4.69) is 15.9 Å². The second-order valence-corrected chi connectivity index (χ2v) is 3.90. The Morgan fingerprint density at radius 3 is 2.60 bits per heavy atom. The molecule has 0 saturated carbocycles. The van der Waals surface area contributed by atoms with Gasteiger partial charge in [0.1, 0.15) is 0 Å². The number of aromatic hydroxyl groups is 1. The van der Waals surface area contributed by atoms with Crippen LogP contribution in [0.4, 0.5) is 5.69 Å². The number of phenols is 1. The summed E-state index contributed by atoms with van der Waals surface area (Å²) in [7, 11) is 0. The SMILES string of the molecule is Nc1cc(Br)cc(I)c1O. The number of phenolic OH excluding ortho intramolecular Hbond substituents is 1. The molecule has 0 radical (unpaired) electrons. The summed E-state index contributed by atoms with van der Waals surface area (Å²) >= 11 is 5.27. The summed E-state index contributed by atoms with van der Waals surface area (Å²) in [6.07, 6.45) is 0. The quantitative estimate of drug-likeness (QED) is 0.439. The first-order valence-corrected chi connectivity index (χ1v) is 4.42. The van der Waals surface area contributed by atoms with Crippen LogP contribution in [0.15, 0.2) is 16.6 Å². The molecule has 4 heteroatoms. The first-order chi connectivity index (χ1) is 4.61. The van der Waals surface area contributed by atoms with Crippen LogP contribution in [0.25, 0.3) is 0 Å². The van der Waals surface area contributed by atoms with Crippen LogP contribution in [0.2, 0.25) is 0 Å². The highest BCUT2D eigenvalue weighted by atomic mass is 127. The van der Waals surface area contributed by atoms with Crippen molar-refractivity contribution in [2.75, 3.05) is 5.73 Å². The van der Waals surface area contributed by atoms with Gasteiger partial charge in [0.05, 0.1) is 9.26 Å². The van der Waals surface area contributed by atoms with Crippen molar-refractivity contribution in [1.82, 2.24) is 0 Å².